The summed E-state index contributed by atoms with van der Waals surface area (Å²) in [6.45, 7) is 3.77. The molecule has 0 aliphatic heterocycles. The minimum atomic E-state index is -1.20. The Morgan fingerprint density at radius 2 is 1.60 bits per heavy atom. The zero-order valence-corrected chi connectivity index (χ0v) is 20.4. The summed E-state index contributed by atoms with van der Waals surface area (Å²) in [5.41, 5.74) is 2.56. The van der Waals surface area contributed by atoms with E-state index in [1.54, 1.807) is 6.92 Å². The number of alkyl carbamates (subject to hydrolysis) is 1. The summed E-state index contributed by atoms with van der Waals surface area (Å²) >= 11 is 0. The average molecular weight is 479 g/mol. The van der Waals surface area contributed by atoms with Crippen molar-refractivity contribution in [3.05, 3.63) is 59.7 Å². The molecule has 7 nitrogen and oxygen atoms in total. The Kier molecular flexibility index (Phi) is 7.15. The highest BCUT2D eigenvalue weighted by Crippen LogP contribution is 2.44. The van der Waals surface area contributed by atoms with Gasteiger partial charge in [0.25, 0.3) is 0 Å². The lowest BCUT2D eigenvalue weighted by Crippen LogP contribution is -2.61. The van der Waals surface area contributed by atoms with E-state index in [1.165, 1.54) is 0 Å². The highest BCUT2D eigenvalue weighted by molar-refractivity contribution is 5.90. The maximum atomic E-state index is 13.3. The van der Waals surface area contributed by atoms with E-state index in [0.717, 1.165) is 35.1 Å². The largest absolute Gasteiger partial charge is 0.481 e. The Morgan fingerprint density at radius 3 is 2.14 bits per heavy atom. The number of amides is 2. The van der Waals surface area contributed by atoms with E-state index in [0.29, 0.717) is 25.7 Å². The van der Waals surface area contributed by atoms with E-state index < -0.39 is 23.1 Å². The number of fused-ring (bicyclic) bond motifs is 3. The van der Waals surface area contributed by atoms with Crippen LogP contribution in [0.4, 0.5) is 4.79 Å². The molecule has 0 radical (unpaired) electrons. The summed E-state index contributed by atoms with van der Waals surface area (Å²) in [5.74, 6) is -1.37. The molecular formula is C28H34N2O5. The van der Waals surface area contributed by atoms with Crippen LogP contribution in [0.15, 0.2) is 48.5 Å². The number of carboxylic acids is 1. The van der Waals surface area contributed by atoms with Crippen molar-refractivity contribution in [1.82, 2.24) is 10.6 Å². The second-order valence-electron chi connectivity index (χ2n) is 10.0. The monoisotopic (exact) mass is 478 g/mol. The predicted molar refractivity (Wildman–Crippen MR) is 133 cm³/mol. The molecule has 1 unspecified atom stereocenters. The molecule has 4 rings (SSSR count). The molecule has 3 N–H and O–H groups in total. The standard InChI is InChI=1S/C28H34N2O5/c1-3-14-27(2,25(33)29-28(17-24(31)32)15-8-9-16-28)30-26(34)35-18-23-21-12-6-4-10-19(21)20-11-5-7-13-22(20)23/h4-7,10-13,23H,3,8-9,14-18H2,1-2H3,(H,29,33)(H,30,34)(H,31,32). The molecule has 0 bridgehead atoms. The topological polar surface area (TPSA) is 105 Å². The summed E-state index contributed by atoms with van der Waals surface area (Å²) in [4.78, 5) is 37.7. The Hall–Kier alpha value is -3.35. The molecule has 186 valence electrons. The van der Waals surface area contributed by atoms with Gasteiger partial charge in [0.2, 0.25) is 5.91 Å². The van der Waals surface area contributed by atoms with Crippen LogP contribution in [-0.2, 0) is 14.3 Å². The molecule has 1 saturated carbocycles. The highest BCUT2D eigenvalue weighted by atomic mass is 16.5. The number of aliphatic carboxylic acids is 1. The number of hydrogen-bond acceptors (Lipinski definition) is 4. The fourth-order valence-electron chi connectivity index (χ4n) is 5.66. The summed E-state index contributed by atoms with van der Waals surface area (Å²) in [6, 6.07) is 16.2. The van der Waals surface area contributed by atoms with Crippen molar-refractivity contribution in [3.63, 3.8) is 0 Å². The Labute approximate surface area is 206 Å². The first kappa shape index (κ1) is 24.8. The maximum Gasteiger partial charge on any atom is 0.408 e. The van der Waals surface area contributed by atoms with Crippen LogP contribution >= 0.6 is 0 Å². The summed E-state index contributed by atoms with van der Waals surface area (Å²) in [7, 11) is 0. The molecule has 0 aromatic heterocycles. The number of nitrogens with one attached hydrogen (secondary N) is 2. The Morgan fingerprint density at radius 1 is 1.03 bits per heavy atom. The van der Waals surface area contributed by atoms with Gasteiger partial charge in [0.15, 0.2) is 0 Å². The van der Waals surface area contributed by atoms with Gasteiger partial charge in [-0.05, 0) is 48.4 Å². The summed E-state index contributed by atoms with van der Waals surface area (Å²) < 4.78 is 5.67. The van der Waals surface area contributed by atoms with Gasteiger partial charge in [0.05, 0.1) is 12.0 Å². The van der Waals surface area contributed by atoms with Crippen LogP contribution in [0, 0.1) is 0 Å². The first-order valence-electron chi connectivity index (χ1n) is 12.4. The van der Waals surface area contributed by atoms with Crippen molar-refractivity contribution in [2.45, 2.75) is 75.8 Å². The van der Waals surface area contributed by atoms with Crippen molar-refractivity contribution in [3.8, 4) is 11.1 Å². The van der Waals surface area contributed by atoms with E-state index >= 15 is 0 Å². The zero-order chi connectivity index (χ0) is 25.1. The first-order chi connectivity index (χ1) is 16.8. The first-order valence-corrected chi connectivity index (χ1v) is 12.4. The molecule has 2 aliphatic carbocycles. The lowest BCUT2D eigenvalue weighted by molar-refractivity contribution is -0.139. The summed E-state index contributed by atoms with van der Waals surface area (Å²) in [6.07, 6.45) is 3.29. The van der Waals surface area contributed by atoms with Crippen LogP contribution < -0.4 is 10.6 Å². The highest BCUT2D eigenvalue weighted by Gasteiger charge is 2.43. The predicted octanol–water partition coefficient (Wildman–Crippen LogP) is 4.99. The number of hydrogen-bond donors (Lipinski definition) is 3. The number of rotatable bonds is 9. The molecule has 2 aromatic carbocycles. The van der Waals surface area contributed by atoms with Gasteiger partial charge in [0, 0.05) is 5.92 Å². The van der Waals surface area contributed by atoms with Gasteiger partial charge in [-0.1, -0.05) is 74.7 Å². The smallest absolute Gasteiger partial charge is 0.408 e. The number of carbonyl (C=O) groups is 3. The van der Waals surface area contributed by atoms with Crippen molar-refractivity contribution >= 4 is 18.0 Å². The third-order valence-corrected chi connectivity index (χ3v) is 7.40. The Balaban J connectivity index is 1.44. The fourth-order valence-corrected chi connectivity index (χ4v) is 5.66. The number of carbonyl (C=O) groups excluding carboxylic acids is 2. The molecule has 1 fully saturated rings. The molecule has 35 heavy (non-hydrogen) atoms. The second-order valence-corrected chi connectivity index (χ2v) is 10.0. The lowest BCUT2D eigenvalue weighted by atomic mass is 9.89. The van der Waals surface area contributed by atoms with Crippen LogP contribution in [-0.4, -0.2) is 40.8 Å². The molecule has 1 atom stereocenters. The van der Waals surface area contributed by atoms with Crippen LogP contribution in [0.5, 0.6) is 0 Å². The van der Waals surface area contributed by atoms with Crippen LogP contribution in [0.25, 0.3) is 11.1 Å². The Bertz CT molecular complexity index is 1060. The molecule has 2 aliphatic rings. The number of ether oxygens (including phenoxy) is 1. The minimum absolute atomic E-state index is 0.0725. The number of carboxylic acid groups (broad SMARTS) is 1. The lowest BCUT2D eigenvalue weighted by Gasteiger charge is -2.35. The zero-order valence-electron chi connectivity index (χ0n) is 20.4. The van der Waals surface area contributed by atoms with Gasteiger partial charge in [0.1, 0.15) is 12.1 Å². The van der Waals surface area contributed by atoms with Crippen molar-refractivity contribution in [2.24, 2.45) is 0 Å². The van der Waals surface area contributed by atoms with Crippen LogP contribution in [0.2, 0.25) is 0 Å². The molecule has 0 spiro atoms. The minimum Gasteiger partial charge on any atom is -0.481 e. The van der Waals surface area contributed by atoms with Crippen molar-refractivity contribution < 1.29 is 24.2 Å². The van der Waals surface area contributed by atoms with Crippen LogP contribution in [0.1, 0.15) is 75.8 Å². The quantitative estimate of drug-likeness (QED) is 0.471. The maximum absolute atomic E-state index is 13.3. The third kappa shape index (κ3) is 5.19. The summed E-state index contributed by atoms with van der Waals surface area (Å²) in [5, 5.41) is 15.2. The van der Waals surface area contributed by atoms with Gasteiger partial charge in [-0.25, -0.2) is 4.79 Å². The van der Waals surface area contributed by atoms with Gasteiger partial charge < -0.3 is 20.5 Å². The van der Waals surface area contributed by atoms with Gasteiger partial charge in [-0.2, -0.15) is 0 Å². The molecule has 0 saturated heterocycles. The van der Waals surface area contributed by atoms with E-state index in [4.69, 9.17) is 4.74 Å². The van der Waals surface area contributed by atoms with Gasteiger partial charge >= 0.3 is 12.1 Å². The van der Waals surface area contributed by atoms with E-state index in [2.05, 4.69) is 34.9 Å². The van der Waals surface area contributed by atoms with Crippen molar-refractivity contribution in [2.75, 3.05) is 6.61 Å². The van der Waals surface area contributed by atoms with Crippen LogP contribution in [0.3, 0.4) is 0 Å². The molecular weight excluding hydrogens is 444 g/mol. The van der Waals surface area contributed by atoms with E-state index in [9.17, 15) is 19.5 Å². The normalized spacial score (nSPS) is 17.7. The molecule has 2 amide bonds. The van der Waals surface area contributed by atoms with E-state index in [-0.39, 0.29) is 24.9 Å². The van der Waals surface area contributed by atoms with Gasteiger partial charge in [-0.15, -0.1) is 0 Å². The fraction of sp³-hybridized carbons (Fsp3) is 0.464. The SMILES string of the molecule is CCCC(C)(NC(=O)OCC1c2ccccc2-c2ccccc21)C(=O)NC1(CC(=O)O)CCCC1. The number of benzene rings is 2. The third-order valence-electron chi connectivity index (χ3n) is 7.40. The molecule has 0 heterocycles. The van der Waals surface area contributed by atoms with Gasteiger partial charge in [-0.3, -0.25) is 9.59 Å². The van der Waals surface area contributed by atoms with Crippen molar-refractivity contribution in [1.29, 1.82) is 0 Å². The molecule has 2 aromatic rings. The molecule has 7 heteroatoms. The van der Waals surface area contributed by atoms with E-state index in [1.807, 2.05) is 31.2 Å². The second kappa shape index (κ2) is 10.1. The average Bonchev–Trinajstić information content (AvgIpc) is 3.39.